The Balaban J connectivity index is 1.89. The predicted octanol–water partition coefficient (Wildman–Crippen LogP) is 1.08. The van der Waals surface area contributed by atoms with Crippen LogP contribution in [-0.2, 0) is 20.8 Å². The van der Waals surface area contributed by atoms with Crippen molar-refractivity contribution in [3.8, 4) is 5.75 Å². The van der Waals surface area contributed by atoms with Crippen LogP contribution in [0.4, 0.5) is 0 Å². The fraction of sp³-hybridized carbons (Fsp3) is 0.333. The smallest absolute Gasteiger partial charge is 0.255 e. The number of fused-ring (bicyclic) bond motifs is 3. The summed E-state index contributed by atoms with van der Waals surface area (Å²) >= 11 is 0. The van der Waals surface area contributed by atoms with Crippen molar-refractivity contribution in [1.29, 1.82) is 0 Å². The van der Waals surface area contributed by atoms with Crippen molar-refractivity contribution < 1.29 is 34.5 Å². The summed E-state index contributed by atoms with van der Waals surface area (Å²) in [6, 6.07) is 2.67. The molecule has 3 unspecified atom stereocenters. The predicted molar refractivity (Wildman–Crippen MR) is 105 cm³/mol. The minimum Gasteiger partial charge on any atom is -0.511 e. The van der Waals surface area contributed by atoms with Crippen LogP contribution in [0, 0.1) is 17.8 Å². The Morgan fingerprint density at radius 2 is 1.83 bits per heavy atom. The number of aromatic hydroxyl groups is 1. The summed E-state index contributed by atoms with van der Waals surface area (Å²) in [6.45, 7) is 0. The lowest BCUT2D eigenvalue weighted by Crippen LogP contribution is -2.44. The number of Topliss-reactive ketones (excluding diaryl/α,β-unsaturated/α-hetero) is 3. The first-order chi connectivity index (χ1) is 14.2. The molecule has 0 heterocycles. The van der Waals surface area contributed by atoms with E-state index in [1.54, 1.807) is 0 Å². The molecule has 3 atom stereocenters. The van der Waals surface area contributed by atoms with E-state index in [1.807, 2.05) is 0 Å². The standard InChI is InChI=1S/C21H18BNO7/c22-6-13(26)9-1-2-11(24)16-10(9)4-7-3-8-5-12(25)17(21(23)30)20(29)15(8)18(27)14(7)19(16)28/h1-2,7-8,15,24,28-29H,3-6H2,(H2,23,30). The molecule has 1 amide bonds. The number of ketones is 3. The second kappa shape index (κ2) is 6.86. The van der Waals surface area contributed by atoms with Crippen molar-refractivity contribution in [1.82, 2.24) is 0 Å². The number of phenols is 1. The van der Waals surface area contributed by atoms with E-state index in [-0.39, 0.29) is 53.8 Å². The Bertz CT molecular complexity index is 1100. The SMILES string of the molecule is [B]CC(=O)c1ccc(O)c2c1CC1CC3CC(=O)C(C(N)=O)=C(O)C3C(=O)C1=C2O. The van der Waals surface area contributed by atoms with Crippen molar-refractivity contribution in [2.45, 2.75) is 25.6 Å². The Labute approximate surface area is 172 Å². The van der Waals surface area contributed by atoms with Crippen LogP contribution in [0.25, 0.3) is 5.76 Å². The third-order valence-corrected chi connectivity index (χ3v) is 6.26. The largest absolute Gasteiger partial charge is 0.511 e. The average Bonchev–Trinajstić information content (AvgIpc) is 2.66. The number of aliphatic hydroxyl groups is 2. The second-order valence-electron chi connectivity index (χ2n) is 7.87. The van der Waals surface area contributed by atoms with Crippen LogP contribution in [0.3, 0.4) is 0 Å². The first-order valence-electron chi connectivity index (χ1n) is 9.49. The number of rotatable bonds is 3. The van der Waals surface area contributed by atoms with E-state index < -0.39 is 52.3 Å². The topological polar surface area (TPSA) is 155 Å². The molecule has 152 valence electrons. The van der Waals surface area contributed by atoms with Gasteiger partial charge in [-0.1, -0.05) is 0 Å². The first-order valence-corrected chi connectivity index (χ1v) is 9.49. The molecule has 9 heteroatoms. The highest BCUT2D eigenvalue weighted by Gasteiger charge is 2.51. The van der Waals surface area contributed by atoms with Crippen molar-refractivity contribution >= 4 is 36.9 Å². The number of allylic oxidation sites excluding steroid dienone is 2. The van der Waals surface area contributed by atoms with Crippen molar-refractivity contribution in [3.05, 3.63) is 45.7 Å². The molecule has 1 aromatic carbocycles. The van der Waals surface area contributed by atoms with Gasteiger partial charge in [-0.15, -0.1) is 0 Å². The molecule has 1 fully saturated rings. The van der Waals surface area contributed by atoms with E-state index in [2.05, 4.69) is 0 Å². The van der Waals surface area contributed by atoms with Crippen LogP contribution in [0.2, 0.25) is 6.32 Å². The van der Waals surface area contributed by atoms with Gasteiger partial charge >= 0.3 is 0 Å². The molecule has 8 nitrogen and oxygen atoms in total. The minimum atomic E-state index is -1.17. The maximum atomic E-state index is 13.2. The van der Waals surface area contributed by atoms with E-state index in [4.69, 9.17) is 13.6 Å². The quantitative estimate of drug-likeness (QED) is 0.332. The molecule has 30 heavy (non-hydrogen) atoms. The number of phenolic OH excluding ortho intramolecular Hbond substituents is 1. The molecule has 1 aromatic rings. The molecule has 4 rings (SSSR count). The molecule has 0 spiro atoms. The van der Waals surface area contributed by atoms with Crippen LogP contribution in [-0.4, -0.2) is 46.4 Å². The van der Waals surface area contributed by atoms with E-state index >= 15 is 0 Å². The molecule has 2 radical (unpaired) electrons. The van der Waals surface area contributed by atoms with Gasteiger partial charge in [0.05, 0.1) is 19.3 Å². The molecule has 0 saturated heterocycles. The zero-order valence-electron chi connectivity index (χ0n) is 15.8. The summed E-state index contributed by atoms with van der Waals surface area (Å²) in [5.41, 5.74) is 5.24. The molecule has 1 saturated carbocycles. The molecule has 0 bridgehead atoms. The van der Waals surface area contributed by atoms with Crippen LogP contribution in [0.1, 0.15) is 34.3 Å². The van der Waals surface area contributed by atoms with Gasteiger partial charge in [0, 0.05) is 17.6 Å². The van der Waals surface area contributed by atoms with Gasteiger partial charge in [-0.05, 0) is 48.7 Å². The molecule has 5 N–H and O–H groups in total. The third kappa shape index (κ3) is 2.68. The van der Waals surface area contributed by atoms with Gasteiger partial charge in [0.1, 0.15) is 22.8 Å². The molecular weight excluding hydrogens is 389 g/mol. The van der Waals surface area contributed by atoms with Gasteiger partial charge in [0.15, 0.2) is 17.3 Å². The fourth-order valence-corrected chi connectivity index (χ4v) is 5.01. The van der Waals surface area contributed by atoms with Gasteiger partial charge in [0.25, 0.3) is 5.91 Å². The highest BCUT2D eigenvalue weighted by Crippen LogP contribution is 2.50. The third-order valence-electron chi connectivity index (χ3n) is 6.26. The lowest BCUT2D eigenvalue weighted by atomic mass is 9.61. The zero-order valence-corrected chi connectivity index (χ0v) is 15.8. The molecular formula is C21H18BNO7. The van der Waals surface area contributed by atoms with Gasteiger partial charge in [-0.3, -0.25) is 19.2 Å². The van der Waals surface area contributed by atoms with Gasteiger partial charge in [-0.25, -0.2) is 0 Å². The number of hydrogen-bond donors (Lipinski definition) is 4. The zero-order chi connectivity index (χ0) is 21.9. The number of carbonyl (C=O) groups is 4. The monoisotopic (exact) mass is 407 g/mol. The van der Waals surface area contributed by atoms with Gasteiger partial charge in [-0.2, -0.15) is 0 Å². The van der Waals surface area contributed by atoms with Crippen LogP contribution < -0.4 is 5.73 Å². The molecule has 3 aliphatic rings. The highest BCUT2D eigenvalue weighted by molar-refractivity contribution is 6.24. The van der Waals surface area contributed by atoms with Crippen LogP contribution >= 0.6 is 0 Å². The second-order valence-corrected chi connectivity index (χ2v) is 7.87. The molecule has 0 aliphatic heterocycles. The van der Waals surface area contributed by atoms with Gasteiger partial charge in [0.2, 0.25) is 0 Å². The fourth-order valence-electron chi connectivity index (χ4n) is 5.01. The van der Waals surface area contributed by atoms with Crippen molar-refractivity contribution in [3.63, 3.8) is 0 Å². The van der Waals surface area contributed by atoms with E-state index in [0.29, 0.717) is 5.56 Å². The van der Waals surface area contributed by atoms with Crippen LogP contribution in [0.15, 0.2) is 29.0 Å². The summed E-state index contributed by atoms with van der Waals surface area (Å²) in [5, 5.41) is 31.7. The maximum Gasteiger partial charge on any atom is 0.255 e. The van der Waals surface area contributed by atoms with E-state index in [0.717, 1.165) is 0 Å². The lowest BCUT2D eigenvalue weighted by Gasteiger charge is -2.41. The van der Waals surface area contributed by atoms with Crippen molar-refractivity contribution in [2.24, 2.45) is 23.5 Å². The summed E-state index contributed by atoms with van der Waals surface area (Å²) in [4.78, 5) is 49.3. The van der Waals surface area contributed by atoms with Crippen LogP contribution in [0.5, 0.6) is 5.75 Å². The maximum absolute atomic E-state index is 13.2. The summed E-state index contributed by atoms with van der Waals surface area (Å²) in [6.07, 6.45) is 0.0557. The summed E-state index contributed by atoms with van der Waals surface area (Å²) in [5.74, 6) is -6.44. The Hall–Kier alpha value is -3.36. The Morgan fingerprint density at radius 3 is 2.47 bits per heavy atom. The molecule has 0 aromatic heterocycles. The number of carbonyl (C=O) groups excluding carboxylic acids is 4. The number of amides is 1. The van der Waals surface area contributed by atoms with Crippen molar-refractivity contribution in [2.75, 3.05) is 0 Å². The molecule has 3 aliphatic carbocycles. The number of hydrogen-bond acceptors (Lipinski definition) is 7. The summed E-state index contributed by atoms with van der Waals surface area (Å²) in [7, 11) is 5.47. The highest BCUT2D eigenvalue weighted by atomic mass is 16.3. The van der Waals surface area contributed by atoms with E-state index in [1.165, 1.54) is 12.1 Å². The first kappa shape index (κ1) is 19.9. The Kier molecular flexibility index (Phi) is 4.56. The minimum absolute atomic E-state index is 0.00103. The lowest BCUT2D eigenvalue weighted by molar-refractivity contribution is -0.127. The number of benzene rings is 1. The average molecular weight is 407 g/mol. The normalized spacial score (nSPS) is 25.5. The Morgan fingerprint density at radius 1 is 1.13 bits per heavy atom. The van der Waals surface area contributed by atoms with E-state index in [9.17, 15) is 34.5 Å². The number of aliphatic hydroxyl groups excluding tert-OH is 2. The number of nitrogens with two attached hydrogens (primary N) is 1. The summed E-state index contributed by atoms with van der Waals surface area (Å²) < 4.78 is 0. The van der Waals surface area contributed by atoms with Gasteiger partial charge < -0.3 is 21.1 Å². The number of primary amides is 1.